The van der Waals surface area contributed by atoms with Gasteiger partial charge in [-0.05, 0) is 65.1 Å². The van der Waals surface area contributed by atoms with Crippen LogP contribution in [0, 0.1) is 0 Å². The molecule has 1 amide bonds. The zero-order chi connectivity index (χ0) is 40.9. The first kappa shape index (κ1) is 47.5. The third kappa shape index (κ3) is 13.1. The molecule has 0 aromatic heterocycles. The van der Waals surface area contributed by atoms with Gasteiger partial charge in [0.15, 0.2) is 5.71 Å². The van der Waals surface area contributed by atoms with E-state index >= 15 is 0 Å². The molecule has 0 aliphatic heterocycles. The number of rotatable bonds is 15. The first-order valence-electron chi connectivity index (χ1n) is 16.6. The number of halogens is 1. The van der Waals surface area contributed by atoms with Crippen molar-refractivity contribution in [2.24, 2.45) is 0 Å². The predicted molar refractivity (Wildman–Crippen MR) is 198 cm³/mol. The fourth-order valence-electron chi connectivity index (χ4n) is 5.73. The van der Waals surface area contributed by atoms with Crippen LogP contribution in [-0.2, 0) is 31.8 Å². The molecule has 0 heterocycles. The topological polar surface area (TPSA) is 285 Å². The van der Waals surface area contributed by atoms with Gasteiger partial charge in [-0.25, -0.2) is 18.3 Å². The van der Waals surface area contributed by atoms with Crippen LogP contribution < -0.4 is 22.6 Å². The summed E-state index contributed by atoms with van der Waals surface area (Å²) in [5, 5.41) is 34.0. The van der Waals surface area contributed by atoms with E-state index in [-0.39, 0.29) is 25.4 Å². The smallest absolute Gasteiger partial charge is 0.472 e. The minimum atomic E-state index is -5.54. The maximum absolute atomic E-state index is 12.9. The molecule has 1 unspecified atom stereocenters. The molecule has 19 nitrogen and oxygen atoms in total. The van der Waals surface area contributed by atoms with Crippen LogP contribution in [0.2, 0.25) is 0 Å². The quantitative estimate of drug-likeness (QED) is 0.0536. The van der Waals surface area contributed by atoms with Gasteiger partial charge in [0.25, 0.3) is 5.91 Å². The van der Waals surface area contributed by atoms with Crippen LogP contribution in [0.1, 0.15) is 27.9 Å². The van der Waals surface area contributed by atoms with Crippen LogP contribution in [0.3, 0.4) is 0 Å². The van der Waals surface area contributed by atoms with Crippen molar-refractivity contribution < 1.29 is 93.4 Å². The Bertz CT molecular complexity index is 1940. The summed E-state index contributed by atoms with van der Waals surface area (Å²) in [6, 6.07) is 15.1. The average Bonchev–Trinajstić information content (AvgIpc) is 3.10. The molecule has 1 fully saturated rings. The number of aliphatic hydroxyl groups excluding tert-OH is 3. The van der Waals surface area contributed by atoms with Gasteiger partial charge in [0.1, 0.15) is 50.7 Å². The van der Waals surface area contributed by atoms with Crippen molar-refractivity contribution in [3.63, 3.8) is 0 Å². The fraction of sp³-hybridized carbons (Fsp3) is 0.394. The molecule has 4 rings (SSSR count). The SMILES string of the molecule is CN(C)c1ccc(C(=C2C=CC(=[N+](C)C)C=C2)c2ccc(C(=O)NCCCOP(=O)(O)O[C@@H]3[C@H](O)[C@H](O)[C@@H](OP(=O)(O)O)[C@H](OP(=O)(O)O)[C@H]3O)cc2)cc1.[Cl-]. The van der Waals surface area contributed by atoms with E-state index in [0.717, 1.165) is 33.7 Å². The summed E-state index contributed by atoms with van der Waals surface area (Å²) in [7, 11) is -8.40. The van der Waals surface area contributed by atoms with Crippen molar-refractivity contribution in [3.8, 4) is 0 Å². The molecule has 23 heteroatoms. The number of nitrogens with one attached hydrogen (secondary N) is 1. The van der Waals surface area contributed by atoms with Gasteiger partial charge >= 0.3 is 23.5 Å². The van der Waals surface area contributed by atoms with Gasteiger partial charge in [0.2, 0.25) is 0 Å². The molecule has 2 aromatic rings. The highest BCUT2D eigenvalue weighted by molar-refractivity contribution is 7.47. The maximum Gasteiger partial charge on any atom is 0.472 e. The molecule has 7 atom stereocenters. The molecule has 56 heavy (non-hydrogen) atoms. The van der Waals surface area contributed by atoms with Crippen molar-refractivity contribution in [3.05, 3.63) is 95.1 Å². The Labute approximate surface area is 328 Å². The predicted octanol–water partition coefficient (Wildman–Crippen LogP) is -1.93. The Hall–Kier alpha value is -2.90. The number of benzene rings is 2. The largest absolute Gasteiger partial charge is 1.00 e. The second kappa shape index (κ2) is 19.7. The van der Waals surface area contributed by atoms with Crippen molar-refractivity contribution >= 4 is 46.3 Å². The van der Waals surface area contributed by atoms with Crippen LogP contribution in [0.25, 0.3) is 5.57 Å². The summed E-state index contributed by atoms with van der Waals surface area (Å²) in [6.07, 6.45) is -6.47. The van der Waals surface area contributed by atoms with Gasteiger partial charge in [-0.1, -0.05) is 24.3 Å². The van der Waals surface area contributed by atoms with Gasteiger partial charge in [0, 0.05) is 44.0 Å². The third-order valence-electron chi connectivity index (χ3n) is 8.43. The highest BCUT2D eigenvalue weighted by Crippen LogP contribution is 2.51. The number of phosphoric ester groups is 3. The summed E-state index contributed by atoms with van der Waals surface area (Å²) in [5.74, 6) is -0.451. The van der Waals surface area contributed by atoms with E-state index < -0.39 is 72.6 Å². The second-order valence-electron chi connectivity index (χ2n) is 12.9. The summed E-state index contributed by atoms with van der Waals surface area (Å²) in [6.45, 7) is -0.556. The number of amides is 1. The summed E-state index contributed by atoms with van der Waals surface area (Å²) in [5.41, 5.74) is 6.17. The molecule has 0 bridgehead atoms. The highest BCUT2D eigenvalue weighted by Gasteiger charge is 2.56. The number of carbonyl (C=O) groups excluding carboxylic acids is 1. The van der Waals surface area contributed by atoms with Crippen LogP contribution in [0.4, 0.5) is 5.69 Å². The normalized spacial score (nSPS) is 23.6. The molecule has 310 valence electrons. The van der Waals surface area contributed by atoms with E-state index in [0.29, 0.717) is 5.56 Å². The first-order valence-corrected chi connectivity index (χ1v) is 21.1. The number of nitrogens with zero attached hydrogens (tertiary/aromatic N) is 2. The molecule has 0 spiro atoms. The Morgan fingerprint density at radius 2 is 1.18 bits per heavy atom. The van der Waals surface area contributed by atoms with E-state index in [1.807, 2.05) is 98.4 Å². The lowest BCUT2D eigenvalue weighted by molar-refractivity contribution is -0.462. The molecule has 2 aliphatic rings. The second-order valence-corrected chi connectivity index (χ2v) is 16.7. The van der Waals surface area contributed by atoms with Crippen LogP contribution in [0.15, 0.2) is 78.4 Å². The van der Waals surface area contributed by atoms with Gasteiger partial charge in [-0.3, -0.25) is 22.9 Å². The van der Waals surface area contributed by atoms with Crippen LogP contribution in [-0.4, -0.2) is 134 Å². The average molecular weight is 868 g/mol. The lowest BCUT2D eigenvalue weighted by atomic mass is 9.85. The Kier molecular flexibility index (Phi) is 16.7. The van der Waals surface area contributed by atoms with Crippen LogP contribution >= 0.6 is 23.5 Å². The van der Waals surface area contributed by atoms with E-state index in [4.69, 9.17) is 18.8 Å². The molecule has 0 saturated heterocycles. The number of phosphoric acid groups is 3. The number of allylic oxidation sites excluding steroid dienone is 5. The summed E-state index contributed by atoms with van der Waals surface area (Å²) in [4.78, 5) is 61.8. The van der Waals surface area contributed by atoms with Gasteiger partial charge in [-0.2, -0.15) is 0 Å². The number of carbonyl (C=O) groups is 1. The highest BCUT2D eigenvalue weighted by atomic mass is 35.5. The van der Waals surface area contributed by atoms with Gasteiger partial charge in [0.05, 0.1) is 6.61 Å². The molecule has 2 aromatic carbocycles. The molecule has 0 radical (unpaired) electrons. The zero-order valence-corrected chi connectivity index (χ0v) is 33.9. The zero-order valence-electron chi connectivity index (χ0n) is 30.5. The van der Waals surface area contributed by atoms with E-state index in [1.165, 1.54) is 0 Å². The lowest BCUT2D eigenvalue weighted by Crippen LogP contribution is -3.00. The third-order valence-corrected chi connectivity index (χ3v) is 10.5. The lowest BCUT2D eigenvalue weighted by Gasteiger charge is -2.44. The Morgan fingerprint density at radius 1 is 0.714 bits per heavy atom. The minimum absolute atomic E-state index is 0. The number of aliphatic hydroxyl groups is 3. The van der Waals surface area contributed by atoms with Crippen molar-refractivity contribution in [2.75, 3.05) is 46.2 Å². The monoisotopic (exact) mass is 867 g/mol. The van der Waals surface area contributed by atoms with Gasteiger partial charge in [-0.15, -0.1) is 0 Å². The van der Waals surface area contributed by atoms with Crippen molar-refractivity contribution in [2.45, 2.75) is 43.0 Å². The maximum atomic E-state index is 12.9. The van der Waals surface area contributed by atoms with Crippen LogP contribution in [0.5, 0.6) is 0 Å². The van der Waals surface area contributed by atoms with Crippen molar-refractivity contribution in [1.82, 2.24) is 5.32 Å². The fourth-order valence-corrected chi connectivity index (χ4v) is 7.84. The molecule has 9 N–H and O–H groups in total. The number of hydrogen-bond acceptors (Lipinski definition) is 12. The Balaban J connectivity index is 0.00000841. The first-order chi connectivity index (χ1) is 25.6. The number of anilines is 1. The molecule has 2 aliphatic carbocycles. The molecular weight excluding hydrogens is 823 g/mol. The van der Waals surface area contributed by atoms with E-state index in [2.05, 4.69) is 14.4 Å². The molecular formula is C33H45ClN3O16P3. The molecule has 1 saturated carbocycles. The van der Waals surface area contributed by atoms with E-state index in [9.17, 15) is 48.5 Å². The number of hydrogen-bond donors (Lipinski definition) is 9. The summed E-state index contributed by atoms with van der Waals surface area (Å²) < 4.78 is 55.6. The minimum Gasteiger partial charge on any atom is -1.00 e. The Morgan fingerprint density at radius 3 is 1.66 bits per heavy atom. The summed E-state index contributed by atoms with van der Waals surface area (Å²) >= 11 is 0. The van der Waals surface area contributed by atoms with Gasteiger partial charge < -0.3 is 62.4 Å². The van der Waals surface area contributed by atoms with Crippen molar-refractivity contribution in [1.29, 1.82) is 0 Å². The van der Waals surface area contributed by atoms with E-state index in [1.54, 1.807) is 12.1 Å². The standard InChI is InChI=1S/C33H44N3O16P3.ClH/c1-35(2)24-14-10-21(11-15-24)26(22-12-16-25(17-13-22)36(3)4)20-6-8-23(9-7-20)33(40)34-18-5-19-49-55(47,48)52-30-27(37)28(38)31(50-53(41,42)43)32(29(30)39)51-54(44,45)46;/h6-17,27-32,37-39H,5,18-19H2,1-4H3,(H5-,34,40,41,42,43,44,45,46,47,48);1H/t27-,28+,29+,30-,31-,32-;/m1./s1.